The van der Waals surface area contributed by atoms with E-state index in [1.54, 1.807) is 4.90 Å². The van der Waals surface area contributed by atoms with Crippen molar-refractivity contribution < 1.29 is 9.59 Å². The summed E-state index contributed by atoms with van der Waals surface area (Å²) in [6.07, 6.45) is 5.37. The molecule has 19 heavy (non-hydrogen) atoms. The van der Waals surface area contributed by atoms with Gasteiger partial charge >= 0.3 is 0 Å². The molecule has 1 aliphatic heterocycles. The Bertz CT molecular complexity index is 381. The Morgan fingerprint density at radius 3 is 2.63 bits per heavy atom. The van der Waals surface area contributed by atoms with Crippen molar-refractivity contribution in [3.05, 3.63) is 0 Å². The van der Waals surface area contributed by atoms with Crippen LogP contribution in [-0.4, -0.2) is 53.8 Å². The molecule has 5 heteroatoms. The summed E-state index contributed by atoms with van der Waals surface area (Å²) in [5, 5.41) is 0. The Labute approximate surface area is 114 Å². The molecule has 2 aliphatic carbocycles. The number of rotatable bonds is 3. The fourth-order valence-corrected chi connectivity index (χ4v) is 3.53. The van der Waals surface area contributed by atoms with Crippen LogP contribution < -0.4 is 5.73 Å². The van der Waals surface area contributed by atoms with Crippen molar-refractivity contribution in [2.24, 2.45) is 17.6 Å². The molecule has 0 spiro atoms. The van der Waals surface area contributed by atoms with Gasteiger partial charge in [-0.15, -0.1) is 0 Å². The van der Waals surface area contributed by atoms with E-state index in [0.717, 1.165) is 38.6 Å². The van der Waals surface area contributed by atoms with E-state index in [1.165, 1.54) is 0 Å². The van der Waals surface area contributed by atoms with Gasteiger partial charge in [0.05, 0.1) is 6.54 Å². The van der Waals surface area contributed by atoms with E-state index in [4.69, 9.17) is 5.73 Å². The topological polar surface area (TPSA) is 66.6 Å². The minimum Gasteiger partial charge on any atom is -0.336 e. The van der Waals surface area contributed by atoms with Gasteiger partial charge in [-0.05, 0) is 38.1 Å². The van der Waals surface area contributed by atoms with Crippen molar-refractivity contribution >= 4 is 11.8 Å². The van der Waals surface area contributed by atoms with Gasteiger partial charge in [-0.1, -0.05) is 6.42 Å². The molecule has 0 aromatic heterocycles. The number of nitrogens with zero attached hydrogens (tertiary/aromatic N) is 2. The molecule has 0 radical (unpaired) electrons. The second kappa shape index (κ2) is 5.12. The lowest BCUT2D eigenvalue weighted by atomic mass is 9.94. The minimum absolute atomic E-state index is 0.0604. The lowest BCUT2D eigenvalue weighted by Gasteiger charge is -2.36. The molecule has 0 aromatic rings. The number of hydrogen-bond donors (Lipinski definition) is 1. The summed E-state index contributed by atoms with van der Waals surface area (Å²) in [6.45, 7) is 2.29. The summed E-state index contributed by atoms with van der Waals surface area (Å²) in [5.41, 5.74) is 5.74. The van der Waals surface area contributed by atoms with Crippen LogP contribution in [0.3, 0.4) is 0 Å². The highest BCUT2D eigenvalue weighted by Crippen LogP contribution is 2.33. The largest absolute Gasteiger partial charge is 0.336 e. The number of carbonyl (C=O) groups is 2. The first-order valence-corrected chi connectivity index (χ1v) is 7.49. The molecule has 2 atom stereocenters. The summed E-state index contributed by atoms with van der Waals surface area (Å²) in [4.78, 5) is 28.3. The molecule has 106 valence electrons. The Hall–Kier alpha value is -1.10. The van der Waals surface area contributed by atoms with E-state index < -0.39 is 0 Å². The molecule has 0 aromatic carbocycles. The summed E-state index contributed by atoms with van der Waals surface area (Å²) >= 11 is 0. The lowest BCUT2D eigenvalue weighted by Crippen LogP contribution is -2.54. The van der Waals surface area contributed by atoms with Crippen molar-refractivity contribution in [2.45, 2.75) is 38.1 Å². The molecule has 3 aliphatic rings. The average Bonchev–Trinajstić information content (AvgIpc) is 3.14. The van der Waals surface area contributed by atoms with Crippen LogP contribution in [0.4, 0.5) is 0 Å². The van der Waals surface area contributed by atoms with Crippen molar-refractivity contribution in [3.8, 4) is 0 Å². The van der Waals surface area contributed by atoms with Crippen LogP contribution in [0.2, 0.25) is 0 Å². The Morgan fingerprint density at radius 1 is 1.21 bits per heavy atom. The molecule has 5 nitrogen and oxygen atoms in total. The molecule has 0 bridgehead atoms. The fourth-order valence-electron chi connectivity index (χ4n) is 3.53. The van der Waals surface area contributed by atoms with Gasteiger partial charge in [-0.25, -0.2) is 0 Å². The van der Waals surface area contributed by atoms with Gasteiger partial charge < -0.3 is 15.5 Å². The first kappa shape index (κ1) is 12.9. The highest BCUT2D eigenvalue weighted by Gasteiger charge is 2.40. The SMILES string of the molecule is NC[C@H]1CCC[C@H]1C(=O)N1CCN(C2CC2)C(=O)C1. The van der Waals surface area contributed by atoms with Crippen LogP contribution in [0.25, 0.3) is 0 Å². The second-order valence-corrected chi connectivity index (χ2v) is 6.11. The average molecular weight is 265 g/mol. The van der Waals surface area contributed by atoms with Gasteiger partial charge in [0.1, 0.15) is 0 Å². The predicted octanol–water partition coefficient (Wildman–Crippen LogP) is 0.195. The summed E-state index contributed by atoms with van der Waals surface area (Å²) in [7, 11) is 0. The van der Waals surface area contributed by atoms with Gasteiger partial charge in [0.15, 0.2) is 0 Å². The molecule has 2 saturated carbocycles. The van der Waals surface area contributed by atoms with Gasteiger partial charge in [0.25, 0.3) is 0 Å². The number of piperazine rings is 1. The van der Waals surface area contributed by atoms with Crippen LogP contribution in [0, 0.1) is 11.8 Å². The third kappa shape index (κ3) is 2.48. The highest BCUT2D eigenvalue weighted by atomic mass is 16.2. The fraction of sp³-hybridized carbons (Fsp3) is 0.857. The molecule has 3 rings (SSSR count). The van der Waals surface area contributed by atoms with Gasteiger partial charge in [0.2, 0.25) is 11.8 Å². The molecule has 0 unspecified atom stereocenters. The lowest BCUT2D eigenvalue weighted by molar-refractivity contribution is -0.148. The van der Waals surface area contributed by atoms with Crippen molar-refractivity contribution in [1.29, 1.82) is 0 Å². The van der Waals surface area contributed by atoms with E-state index in [2.05, 4.69) is 0 Å². The summed E-state index contributed by atoms with van der Waals surface area (Å²) in [5.74, 6) is 0.676. The van der Waals surface area contributed by atoms with Crippen molar-refractivity contribution in [1.82, 2.24) is 9.80 Å². The van der Waals surface area contributed by atoms with Crippen molar-refractivity contribution in [2.75, 3.05) is 26.2 Å². The maximum Gasteiger partial charge on any atom is 0.242 e. The van der Waals surface area contributed by atoms with Crippen LogP contribution in [0.15, 0.2) is 0 Å². The molecule has 2 amide bonds. The number of carbonyl (C=O) groups excluding carboxylic acids is 2. The molecular formula is C14H23N3O2. The molecule has 1 saturated heterocycles. The molecular weight excluding hydrogens is 242 g/mol. The van der Waals surface area contributed by atoms with Gasteiger partial charge in [-0.3, -0.25) is 9.59 Å². The normalized spacial score (nSPS) is 31.9. The van der Waals surface area contributed by atoms with Crippen LogP contribution in [-0.2, 0) is 9.59 Å². The molecule has 2 N–H and O–H groups in total. The number of amides is 2. The van der Waals surface area contributed by atoms with Gasteiger partial charge in [0, 0.05) is 25.0 Å². The molecule has 3 fully saturated rings. The van der Waals surface area contributed by atoms with Crippen LogP contribution in [0.1, 0.15) is 32.1 Å². The monoisotopic (exact) mass is 265 g/mol. The van der Waals surface area contributed by atoms with Crippen molar-refractivity contribution in [3.63, 3.8) is 0 Å². The highest BCUT2D eigenvalue weighted by molar-refractivity contribution is 5.87. The Morgan fingerprint density at radius 2 is 2.00 bits per heavy atom. The van der Waals surface area contributed by atoms with E-state index in [1.807, 2.05) is 4.90 Å². The third-order valence-electron chi connectivity index (χ3n) is 4.84. The smallest absolute Gasteiger partial charge is 0.242 e. The zero-order valence-electron chi connectivity index (χ0n) is 11.4. The Kier molecular flexibility index (Phi) is 3.48. The van der Waals surface area contributed by atoms with E-state index in [9.17, 15) is 9.59 Å². The standard InChI is InChI=1S/C14H23N3O2/c15-8-10-2-1-3-12(10)14(19)16-6-7-17(11-4-5-11)13(18)9-16/h10-12H,1-9,15H2/t10-,12-/m1/s1. The maximum absolute atomic E-state index is 12.5. The quantitative estimate of drug-likeness (QED) is 0.792. The number of hydrogen-bond acceptors (Lipinski definition) is 3. The van der Waals surface area contributed by atoms with E-state index in [0.29, 0.717) is 25.0 Å². The van der Waals surface area contributed by atoms with E-state index >= 15 is 0 Å². The maximum atomic E-state index is 12.5. The predicted molar refractivity (Wildman–Crippen MR) is 71.2 cm³/mol. The third-order valence-corrected chi connectivity index (χ3v) is 4.84. The molecule has 1 heterocycles. The summed E-state index contributed by atoms with van der Waals surface area (Å²) in [6, 6.07) is 0.466. The Balaban J connectivity index is 1.60. The van der Waals surface area contributed by atoms with E-state index in [-0.39, 0.29) is 24.3 Å². The minimum atomic E-state index is 0.0604. The first-order valence-electron chi connectivity index (χ1n) is 7.49. The number of nitrogens with two attached hydrogens (primary N) is 1. The van der Waals surface area contributed by atoms with Crippen LogP contribution >= 0.6 is 0 Å². The zero-order chi connectivity index (χ0) is 13.4. The van der Waals surface area contributed by atoms with Gasteiger partial charge in [-0.2, -0.15) is 0 Å². The second-order valence-electron chi connectivity index (χ2n) is 6.11. The first-order chi connectivity index (χ1) is 9.20. The summed E-state index contributed by atoms with van der Waals surface area (Å²) < 4.78 is 0. The van der Waals surface area contributed by atoms with Crippen LogP contribution in [0.5, 0.6) is 0 Å². The zero-order valence-corrected chi connectivity index (χ0v) is 11.4.